The van der Waals surface area contributed by atoms with Crippen molar-refractivity contribution < 1.29 is 23.4 Å². The summed E-state index contributed by atoms with van der Waals surface area (Å²) in [6.07, 6.45) is -1.44. The highest BCUT2D eigenvalue weighted by Crippen LogP contribution is 1.96. The quantitative estimate of drug-likeness (QED) is 0.246. The fourth-order valence-electron chi connectivity index (χ4n) is 1.34. The van der Waals surface area contributed by atoms with E-state index in [2.05, 4.69) is 16.2 Å². The number of ether oxygens (including phenoxy) is 3. The second kappa shape index (κ2) is 14.0. The van der Waals surface area contributed by atoms with Crippen molar-refractivity contribution in [1.29, 1.82) is 0 Å². The second-order valence-electron chi connectivity index (χ2n) is 4.35. The lowest BCUT2D eigenvalue weighted by Crippen LogP contribution is -2.36. The minimum Gasteiger partial charge on any atom is -0.378 e. The first-order valence-corrected chi connectivity index (χ1v) is 6.90. The lowest BCUT2D eigenvalue weighted by atomic mass is 10.4. The van der Waals surface area contributed by atoms with Gasteiger partial charge >= 0.3 is 6.03 Å². The summed E-state index contributed by atoms with van der Waals surface area (Å²) in [6.45, 7) is 4.09. The average Bonchev–Trinajstić information content (AvgIpc) is 2.44. The van der Waals surface area contributed by atoms with Gasteiger partial charge in [0.1, 0.15) is 6.17 Å². The zero-order valence-corrected chi connectivity index (χ0v) is 12.7. The number of nitrogens with one attached hydrogen (secondary N) is 3. The van der Waals surface area contributed by atoms with Crippen molar-refractivity contribution in [3.05, 3.63) is 0 Å². The van der Waals surface area contributed by atoms with E-state index in [-0.39, 0.29) is 25.9 Å². The summed E-state index contributed by atoms with van der Waals surface area (Å²) in [4.78, 5) is 10.4. The van der Waals surface area contributed by atoms with Crippen molar-refractivity contribution in [2.24, 2.45) is 5.73 Å². The number of nitrogens with two attached hydrogens (primary N) is 1. The molecule has 0 saturated carbocycles. The molecule has 0 radical (unpaired) electrons. The van der Waals surface area contributed by atoms with Crippen molar-refractivity contribution in [1.82, 2.24) is 16.2 Å². The highest BCUT2D eigenvalue weighted by Gasteiger charge is 2.09. The standard InChI is InChI=1S/C12H27FN4O4/c1-10(21-6-5-19-4-3-17-15-2)8-20-9-11(13)7-16-12(14)18/h10-11,15,17H,3-9H2,1-2H3,(H3,14,16,18). The zero-order valence-electron chi connectivity index (χ0n) is 12.7. The van der Waals surface area contributed by atoms with Gasteiger partial charge in [0, 0.05) is 6.54 Å². The van der Waals surface area contributed by atoms with E-state index < -0.39 is 12.2 Å². The maximum atomic E-state index is 13.2. The Morgan fingerprint density at radius 3 is 2.67 bits per heavy atom. The first-order valence-electron chi connectivity index (χ1n) is 6.90. The molecule has 5 N–H and O–H groups in total. The van der Waals surface area contributed by atoms with Gasteiger partial charge in [0.05, 0.1) is 45.7 Å². The molecule has 0 bridgehead atoms. The molecule has 0 fully saturated rings. The second-order valence-corrected chi connectivity index (χ2v) is 4.35. The minimum absolute atomic E-state index is 0.111. The van der Waals surface area contributed by atoms with Crippen LogP contribution in [0.25, 0.3) is 0 Å². The van der Waals surface area contributed by atoms with E-state index in [4.69, 9.17) is 19.9 Å². The summed E-state index contributed by atoms with van der Waals surface area (Å²) in [5.74, 6) is 0. The Bertz CT molecular complexity index is 261. The van der Waals surface area contributed by atoms with E-state index >= 15 is 0 Å². The van der Waals surface area contributed by atoms with E-state index in [1.54, 1.807) is 7.05 Å². The van der Waals surface area contributed by atoms with Crippen molar-refractivity contribution in [3.8, 4) is 0 Å². The number of halogens is 1. The predicted molar refractivity (Wildman–Crippen MR) is 76.6 cm³/mol. The van der Waals surface area contributed by atoms with Crippen LogP contribution in [0.5, 0.6) is 0 Å². The highest BCUT2D eigenvalue weighted by molar-refractivity contribution is 5.71. The number of hydrogen-bond donors (Lipinski definition) is 4. The number of carbonyl (C=O) groups is 1. The molecule has 0 rings (SSSR count). The molecule has 0 aromatic carbocycles. The van der Waals surface area contributed by atoms with Crippen LogP contribution in [-0.2, 0) is 14.2 Å². The SMILES string of the molecule is CNNCCOCCOC(C)COCC(F)CNC(N)=O. The van der Waals surface area contributed by atoms with Crippen LogP contribution in [-0.4, -0.2) is 71.5 Å². The number of urea groups is 1. The van der Waals surface area contributed by atoms with Crippen LogP contribution in [0.15, 0.2) is 0 Å². The van der Waals surface area contributed by atoms with Crippen LogP contribution < -0.4 is 21.9 Å². The summed E-state index contributed by atoms with van der Waals surface area (Å²) in [7, 11) is 1.79. The monoisotopic (exact) mass is 310 g/mol. The average molecular weight is 310 g/mol. The van der Waals surface area contributed by atoms with E-state index in [0.717, 1.165) is 0 Å². The molecule has 0 aliphatic carbocycles. The van der Waals surface area contributed by atoms with E-state index in [1.165, 1.54) is 0 Å². The van der Waals surface area contributed by atoms with E-state index in [1.807, 2.05) is 6.92 Å². The van der Waals surface area contributed by atoms with E-state index in [9.17, 15) is 9.18 Å². The summed E-state index contributed by atoms with van der Waals surface area (Å²) in [5, 5.41) is 2.17. The number of carbonyl (C=O) groups excluding carboxylic acids is 1. The largest absolute Gasteiger partial charge is 0.378 e. The third kappa shape index (κ3) is 15.2. The molecule has 21 heavy (non-hydrogen) atoms. The Hall–Kier alpha value is -1.00. The molecule has 0 aliphatic rings. The molecular formula is C12H27FN4O4. The summed E-state index contributed by atoms with van der Waals surface area (Å²) in [6, 6.07) is -0.751. The Kier molecular flexibility index (Phi) is 13.3. The van der Waals surface area contributed by atoms with Crippen LogP contribution in [0.4, 0.5) is 9.18 Å². The lowest BCUT2D eigenvalue weighted by molar-refractivity contribution is -0.0372. The van der Waals surface area contributed by atoms with Gasteiger partial charge in [-0.25, -0.2) is 9.18 Å². The first-order chi connectivity index (χ1) is 10.1. The number of alkyl halides is 1. The zero-order chi connectivity index (χ0) is 15.9. The van der Waals surface area contributed by atoms with Gasteiger partial charge in [-0.15, -0.1) is 0 Å². The molecule has 0 spiro atoms. The minimum atomic E-state index is -1.28. The molecule has 9 heteroatoms. The Morgan fingerprint density at radius 2 is 2.00 bits per heavy atom. The summed E-state index contributed by atoms with van der Waals surface area (Å²) in [5.41, 5.74) is 10.5. The lowest BCUT2D eigenvalue weighted by Gasteiger charge is -2.15. The molecule has 0 heterocycles. The number of primary amides is 1. The summed E-state index contributed by atoms with van der Waals surface area (Å²) < 4.78 is 29.1. The van der Waals surface area contributed by atoms with Crippen molar-refractivity contribution in [2.45, 2.75) is 19.2 Å². The molecule has 2 amide bonds. The van der Waals surface area contributed by atoms with Gasteiger partial charge in [-0.2, -0.15) is 0 Å². The van der Waals surface area contributed by atoms with Crippen molar-refractivity contribution in [2.75, 3.05) is 53.2 Å². The molecule has 126 valence electrons. The van der Waals surface area contributed by atoms with Crippen LogP contribution >= 0.6 is 0 Å². The molecule has 2 unspecified atom stereocenters. The van der Waals surface area contributed by atoms with Gasteiger partial charge in [-0.3, -0.25) is 10.9 Å². The number of hydrogen-bond acceptors (Lipinski definition) is 6. The molecule has 0 aromatic rings. The predicted octanol–water partition coefficient (Wildman–Crippen LogP) is -0.845. The number of hydrazine groups is 1. The molecular weight excluding hydrogens is 283 g/mol. The summed E-state index contributed by atoms with van der Waals surface area (Å²) >= 11 is 0. The van der Waals surface area contributed by atoms with Gasteiger partial charge in [0.15, 0.2) is 0 Å². The molecule has 8 nitrogen and oxygen atoms in total. The third-order valence-corrected chi connectivity index (χ3v) is 2.33. The van der Waals surface area contributed by atoms with Crippen molar-refractivity contribution in [3.63, 3.8) is 0 Å². The van der Waals surface area contributed by atoms with Gasteiger partial charge in [0.2, 0.25) is 0 Å². The maximum Gasteiger partial charge on any atom is 0.312 e. The fourth-order valence-corrected chi connectivity index (χ4v) is 1.34. The topological polar surface area (TPSA) is 107 Å². The Morgan fingerprint density at radius 1 is 1.24 bits per heavy atom. The third-order valence-electron chi connectivity index (χ3n) is 2.33. The normalized spacial score (nSPS) is 13.9. The van der Waals surface area contributed by atoms with Crippen LogP contribution in [0, 0.1) is 0 Å². The maximum absolute atomic E-state index is 13.2. The van der Waals surface area contributed by atoms with Crippen molar-refractivity contribution >= 4 is 6.03 Å². The van der Waals surface area contributed by atoms with Gasteiger partial charge in [-0.1, -0.05) is 0 Å². The van der Waals surface area contributed by atoms with Crippen LogP contribution in [0.3, 0.4) is 0 Å². The number of rotatable bonds is 14. The van der Waals surface area contributed by atoms with Gasteiger partial charge in [0.25, 0.3) is 0 Å². The van der Waals surface area contributed by atoms with E-state index in [0.29, 0.717) is 26.4 Å². The number of amides is 2. The van der Waals surface area contributed by atoms with Crippen LogP contribution in [0.1, 0.15) is 6.92 Å². The Balaban J connectivity index is 3.33. The van der Waals surface area contributed by atoms with Crippen LogP contribution in [0.2, 0.25) is 0 Å². The van der Waals surface area contributed by atoms with Gasteiger partial charge in [-0.05, 0) is 14.0 Å². The molecule has 2 atom stereocenters. The molecule has 0 saturated heterocycles. The van der Waals surface area contributed by atoms with Gasteiger partial charge < -0.3 is 25.3 Å². The molecule has 0 aromatic heterocycles. The Labute approximate surface area is 124 Å². The molecule has 0 aliphatic heterocycles. The highest BCUT2D eigenvalue weighted by atomic mass is 19.1. The fraction of sp³-hybridized carbons (Fsp3) is 0.917. The first kappa shape index (κ1) is 20.0. The smallest absolute Gasteiger partial charge is 0.312 e.